The SMILES string of the molecule is Cc1cc(-c2c(C)nn(-c3nc(-c4ccc(Cl)c(Cl)c4)c(SC(C)C)s3)c2C)cc(N2CCOCC2)n1. The number of hydrogen-bond acceptors (Lipinski definition) is 7. The van der Waals surface area contributed by atoms with Gasteiger partial charge in [-0.15, -0.1) is 11.8 Å². The molecular weight excluding hydrogens is 545 g/mol. The Bertz CT molecular complexity index is 1440. The number of ether oxygens (including phenoxy) is 1. The zero-order valence-corrected chi connectivity index (χ0v) is 24.7. The number of thioether (sulfide) groups is 1. The summed E-state index contributed by atoms with van der Waals surface area (Å²) in [7, 11) is 0. The fourth-order valence-corrected chi connectivity index (χ4v) is 7.32. The number of anilines is 1. The lowest BCUT2D eigenvalue weighted by Crippen LogP contribution is -2.36. The molecule has 10 heteroatoms. The molecule has 0 amide bonds. The van der Waals surface area contributed by atoms with Gasteiger partial charge in [0.1, 0.15) is 5.82 Å². The fraction of sp³-hybridized carbons (Fsp3) is 0.370. The fourth-order valence-electron chi connectivity index (χ4n) is 4.50. The molecule has 1 fully saturated rings. The van der Waals surface area contributed by atoms with E-state index in [4.69, 9.17) is 43.0 Å². The summed E-state index contributed by atoms with van der Waals surface area (Å²) in [5.41, 5.74) is 7.07. The van der Waals surface area contributed by atoms with Crippen LogP contribution in [0.1, 0.15) is 30.9 Å². The van der Waals surface area contributed by atoms with Gasteiger partial charge in [-0.3, -0.25) is 0 Å². The van der Waals surface area contributed by atoms with Gasteiger partial charge in [0.05, 0.1) is 44.5 Å². The van der Waals surface area contributed by atoms with Crippen molar-refractivity contribution in [3.63, 3.8) is 0 Å². The number of aromatic nitrogens is 4. The second-order valence-corrected chi connectivity index (χ2v) is 13.0. The Morgan fingerprint density at radius 2 is 1.73 bits per heavy atom. The van der Waals surface area contributed by atoms with Crippen LogP contribution in [0.25, 0.3) is 27.5 Å². The Morgan fingerprint density at radius 1 is 0.973 bits per heavy atom. The molecule has 0 radical (unpaired) electrons. The van der Waals surface area contributed by atoms with Crippen LogP contribution in [-0.2, 0) is 4.74 Å². The van der Waals surface area contributed by atoms with Crippen molar-refractivity contribution in [2.75, 3.05) is 31.2 Å². The molecule has 0 unspecified atom stereocenters. The van der Waals surface area contributed by atoms with Crippen LogP contribution in [0.3, 0.4) is 0 Å². The van der Waals surface area contributed by atoms with Gasteiger partial charge in [-0.25, -0.2) is 14.6 Å². The maximum absolute atomic E-state index is 6.35. The van der Waals surface area contributed by atoms with Crippen LogP contribution < -0.4 is 4.90 Å². The molecule has 37 heavy (non-hydrogen) atoms. The highest BCUT2D eigenvalue weighted by Gasteiger charge is 2.22. The first-order valence-corrected chi connectivity index (χ1v) is 14.7. The van der Waals surface area contributed by atoms with E-state index in [2.05, 4.69) is 44.7 Å². The predicted molar refractivity (Wildman–Crippen MR) is 156 cm³/mol. The van der Waals surface area contributed by atoms with E-state index in [9.17, 15) is 0 Å². The van der Waals surface area contributed by atoms with Crippen LogP contribution in [0.2, 0.25) is 10.0 Å². The summed E-state index contributed by atoms with van der Waals surface area (Å²) in [6, 6.07) is 9.97. The minimum Gasteiger partial charge on any atom is -0.378 e. The molecule has 0 saturated carbocycles. The van der Waals surface area contributed by atoms with Crippen molar-refractivity contribution >= 4 is 52.1 Å². The largest absolute Gasteiger partial charge is 0.378 e. The van der Waals surface area contributed by atoms with E-state index in [1.54, 1.807) is 23.1 Å². The number of thiazole rings is 1. The third-order valence-corrected chi connectivity index (χ3v) is 9.14. The van der Waals surface area contributed by atoms with Gasteiger partial charge in [-0.1, -0.05) is 54.5 Å². The molecule has 6 nitrogen and oxygen atoms in total. The lowest BCUT2D eigenvalue weighted by atomic mass is 10.0. The standard InChI is InChI=1S/C27H29Cl2N5OS2/c1-15(2)36-26-25(19-6-7-21(28)22(29)13-19)31-27(37-26)34-18(5)24(17(4)32-34)20-12-16(3)30-23(14-20)33-8-10-35-11-9-33/h6-7,12-15H,8-11H2,1-5H3. The summed E-state index contributed by atoms with van der Waals surface area (Å²) in [5, 5.41) is 7.23. The highest BCUT2D eigenvalue weighted by atomic mass is 35.5. The maximum atomic E-state index is 6.35. The predicted octanol–water partition coefficient (Wildman–Crippen LogP) is 7.63. The average Bonchev–Trinajstić information content (AvgIpc) is 3.40. The number of pyridine rings is 1. The van der Waals surface area contributed by atoms with Crippen molar-refractivity contribution in [3.05, 3.63) is 57.5 Å². The molecule has 4 aromatic rings. The van der Waals surface area contributed by atoms with Crippen LogP contribution in [-0.4, -0.2) is 51.3 Å². The molecule has 3 aromatic heterocycles. The number of benzene rings is 1. The van der Waals surface area contributed by atoms with Crippen LogP contribution >= 0.6 is 46.3 Å². The highest BCUT2D eigenvalue weighted by molar-refractivity contribution is 8.01. The third-order valence-electron chi connectivity index (χ3n) is 6.16. The van der Waals surface area contributed by atoms with Crippen molar-refractivity contribution in [3.8, 4) is 27.5 Å². The molecule has 1 aliphatic rings. The minimum atomic E-state index is 0.407. The van der Waals surface area contributed by atoms with Gasteiger partial charge in [0, 0.05) is 35.2 Å². The molecular formula is C27H29Cl2N5OS2. The maximum Gasteiger partial charge on any atom is 0.212 e. The Labute approximate surface area is 236 Å². The lowest BCUT2D eigenvalue weighted by molar-refractivity contribution is 0.122. The Hall–Kier alpha value is -2.10. The van der Waals surface area contributed by atoms with E-state index >= 15 is 0 Å². The monoisotopic (exact) mass is 573 g/mol. The number of rotatable bonds is 6. The number of halogens is 2. The zero-order valence-electron chi connectivity index (χ0n) is 21.5. The van der Waals surface area contributed by atoms with Crippen molar-refractivity contribution in [2.45, 2.75) is 44.1 Å². The molecule has 4 heterocycles. The second kappa shape index (κ2) is 10.9. The van der Waals surface area contributed by atoms with E-state index in [1.165, 1.54) is 0 Å². The first kappa shape index (κ1) is 26.5. The van der Waals surface area contributed by atoms with Crippen molar-refractivity contribution in [2.24, 2.45) is 0 Å². The van der Waals surface area contributed by atoms with E-state index < -0.39 is 0 Å². The Kier molecular flexibility index (Phi) is 7.84. The summed E-state index contributed by atoms with van der Waals surface area (Å²) in [6.45, 7) is 13.7. The molecule has 0 spiro atoms. The summed E-state index contributed by atoms with van der Waals surface area (Å²) < 4.78 is 8.63. The molecule has 194 valence electrons. The molecule has 1 saturated heterocycles. The van der Waals surface area contributed by atoms with Crippen molar-refractivity contribution in [1.29, 1.82) is 0 Å². The second-order valence-electron chi connectivity index (χ2n) is 9.34. The quantitative estimate of drug-likeness (QED) is 0.221. The van der Waals surface area contributed by atoms with Crippen LogP contribution in [0.15, 0.2) is 34.5 Å². The normalized spacial score (nSPS) is 14.1. The molecule has 0 aliphatic carbocycles. The van der Waals surface area contributed by atoms with Crippen LogP contribution in [0.5, 0.6) is 0 Å². The van der Waals surface area contributed by atoms with E-state index in [-0.39, 0.29) is 0 Å². The Balaban J connectivity index is 1.58. The molecule has 0 N–H and O–H groups in total. The zero-order chi connectivity index (χ0) is 26.3. The number of hydrogen-bond donors (Lipinski definition) is 0. The van der Waals surface area contributed by atoms with Crippen LogP contribution in [0.4, 0.5) is 5.82 Å². The molecule has 0 atom stereocenters. The van der Waals surface area contributed by atoms with Gasteiger partial charge < -0.3 is 9.64 Å². The van der Waals surface area contributed by atoms with Crippen molar-refractivity contribution in [1.82, 2.24) is 19.7 Å². The van der Waals surface area contributed by atoms with Gasteiger partial charge in [0.25, 0.3) is 0 Å². The average molecular weight is 575 g/mol. The number of nitrogens with zero attached hydrogens (tertiary/aromatic N) is 5. The summed E-state index contributed by atoms with van der Waals surface area (Å²) in [6.07, 6.45) is 0. The lowest BCUT2D eigenvalue weighted by Gasteiger charge is -2.28. The van der Waals surface area contributed by atoms with Gasteiger partial charge in [0.2, 0.25) is 5.13 Å². The van der Waals surface area contributed by atoms with Crippen LogP contribution in [0, 0.1) is 20.8 Å². The highest BCUT2D eigenvalue weighted by Crippen LogP contribution is 2.42. The van der Waals surface area contributed by atoms with Gasteiger partial charge >= 0.3 is 0 Å². The van der Waals surface area contributed by atoms with Crippen molar-refractivity contribution < 1.29 is 4.74 Å². The number of aryl methyl sites for hydroxylation is 2. The molecule has 5 rings (SSSR count). The topological polar surface area (TPSA) is 56.1 Å². The molecule has 1 aromatic carbocycles. The Morgan fingerprint density at radius 3 is 2.43 bits per heavy atom. The van der Waals surface area contributed by atoms with Gasteiger partial charge in [-0.2, -0.15) is 5.10 Å². The smallest absolute Gasteiger partial charge is 0.212 e. The van der Waals surface area contributed by atoms with Gasteiger partial charge in [-0.05, 0) is 50.6 Å². The molecule has 0 bridgehead atoms. The summed E-state index contributed by atoms with van der Waals surface area (Å²) >= 11 is 16.0. The first-order chi connectivity index (χ1) is 17.7. The minimum absolute atomic E-state index is 0.407. The van der Waals surface area contributed by atoms with E-state index in [0.717, 1.165) is 80.9 Å². The first-order valence-electron chi connectivity index (χ1n) is 12.2. The summed E-state index contributed by atoms with van der Waals surface area (Å²) in [5.74, 6) is 0.983. The number of morpholine rings is 1. The van der Waals surface area contributed by atoms with E-state index in [1.807, 2.05) is 29.8 Å². The summed E-state index contributed by atoms with van der Waals surface area (Å²) in [4.78, 5) is 12.1. The third kappa shape index (κ3) is 5.54. The molecule has 1 aliphatic heterocycles. The van der Waals surface area contributed by atoms with Gasteiger partial charge in [0.15, 0.2) is 0 Å². The van der Waals surface area contributed by atoms with E-state index in [0.29, 0.717) is 15.3 Å².